The first-order chi connectivity index (χ1) is 12.3. The Bertz CT molecular complexity index is 712. The van der Waals surface area contributed by atoms with E-state index in [2.05, 4.69) is 15.3 Å². The third-order valence-electron chi connectivity index (χ3n) is 3.53. The van der Waals surface area contributed by atoms with Gasteiger partial charge < -0.3 is 15.9 Å². The zero-order valence-electron chi connectivity index (χ0n) is 14.4. The third kappa shape index (κ3) is 7.56. The van der Waals surface area contributed by atoms with Crippen molar-refractivity contribution in [2.45, 2.75) is 32.1 Å². The molecule has 26 heavy (non-hydrogen) atoms. The Labute approximate surface area is 150 Å². The van der Waals surface area contributed by atoms with Crippen LogP contribution in [0.25, 0.3) is 0 Å². The second-order valence-corrected chi connectivity index (χ2v) is 5.46. The van der Waals surface area contributed by atoms with Crippen LogP contribution in [0.5, 0.6) is 0 Å². The van der Waals surface area contributed by atoms with Crippen LogP contribution in [-0.4, -0.2) is 46.1 Å². The molecule has 9 nitrogen and oxygen atoms in total. The number of amides is 1. The normalized spacial score (nSPS) is 13.8. The maximum Gasteiger partial charge on any atom is 0.328 e. The molecule has 1 aliphatic carbocycles. The summed E-state index contributed by atoms with van der Waals surface area (Å²) in [4.78, 5) is 39.1. The van der Waals surface area contributed by atoms with Crippen molar-refractivity contribution in [1.29, 1.82) is 0 Å². The van der Waals surface area contributed by atoms with E-state index in [0.717, 1.165) is 25.0 Å². The molecule has 5 N–H and O–H groups in total. The molecule has 0 atom stereocenters. The zero-order valence-corrected chi connectivity index (χ0v) is 14.4. The molecule has 0 bridgehead atoms. The van der Waals surface area contributed by atoms with Gasteiger partial charge in [-0.05, 0) is 37.3 Å². The quantitative estimate of drug-likeness (QED) is 0.267. The molecule has 1 aromatic rings. The van der Waals surface area contributed by atoms with Gasteiger partial charge in [-0.15, -0.1) is 0 Å². The number of hydrogen-bond donors (Lipinski definition) is 4. The molecule has 9 heteroatoms. The number of nitrogens with zero attached hydrogens (tertiary/aromatic N) is 2. The number of aryl methyl sites for hydroxylation is 2. The van der Waals surface area contributed by atoms with Gasteiger partial charge in [-0.2, -0.15) is 0 Å². The molecule has 1 aliphatic rings. The average molecular weight is 362 g/mol. The van der Waals surface area contributed by atoms with Gasteiger partial charge in [0.1, 0.15) is 0 Å². The summed E-state index contributed by atoms with van der Waals surface area (Å²) in [5, 5.41) is 18.1. The van der Waals surface area contributed by atoms with E-state index >= 15 is 0 Å². The lowest BCUT2D eigenvalue weighted by Gasteiger charge is -2.08. The Balaban J connectivity index is 0.000000359. The Kier molecular flexibility index (Phi) is 8.48. The van der Waals surface area contributed by atoms with Gasteiger partial charge in [0.2, 0.25) is 0 Å². The largest absolute Gasteiger partial charge is 0.478 e. The first kappa shape index (κ1) is 20.8. The number of nitrogens with one attached hydrogen (secondary N) is 1. The van der Waals surface area contributed by atoms with E-state index in [0.29, 0.717) is 17.7 Å². The molecule has 0 radical (unpaired) electrons. The minimum absolute atomic E-state index is 0.120. The average Bonchev–Trinajstić information content (AvgIpc) is 2.85. The summed E-state index contributed by atoms with van der Waals surface area (Å²) < 4.78 is 0. The lowest BCUT2D eigenvalue weighted by Crippen LogP contribution is -2.36. The molecular weight excluding hydrogens is 340 g/mol. The van der Waals surface area contributed by atoms with Gasteiger partial charge in [-0.25, -0.2) is 9.59 Å². The highest BCUT2D eigenvalue weighted by molar-refractivity contribution is 6.05. The number of hydrogen-bond acceptors (Lipinski definition) is 5. The summed E-state index contributed by atoms with van der Waals surface area (Å²) >= 11 is 0. The van der Waals surface area contributed by atoms with Crippen LogP contribution in [-0.2, 0) is 22.4 Å². The van der Waals surface area contributed by atoms with Crippen molar-refractivity contribution in [3.05, 3.63) is 41.2 Å². The van der Waals surface area contributed by atoms with Crippen molar-refractivity contribution in [2.75, 3.05) is 7.05 Å². The van der Waals surface area contributed by atoms with Crippen LogP contribution in [0.3, 0.4) is 0 Å². The van der Waals surface area contributed by atoms with Crippen LogP contribution in [0, 0.1) is 0 Å². The molecule has 0 aliphatic heterocycles. The van der Waals surface area contributed by atoms with Crippen LogP contribution >= 0.6 is 0 Å². The van der Waals surface area contributed by atoms with Crippen molar-refractivity contribution in [2.24, 2.45) is 10.7 Å². The predicted octanol–water partition coefficient (Wildman–Crippen LogP) is 0.737. The molecule has 0 unspecified atom stereocenters. The van der Waals surface area contributed by atoms with Crippen LogP contribution in [0.1, 0.15) is 40.9 Å². The lowest BCUT2D eigenvalue weighted by molar-refractivity contribution is -0.134. The van der Waals surface area contributed by atoms with Gasteiger partial charge in [0.15, 0.2) is 5.96 Å². The second kappa shape index (κ2) is 10.6. The highest BCUT2D eigenvalue weighted by atomic mass is 16.4. The number of aliphatic imine (C=N–C) groups is 1. The molecule has 0 aromatic carbocycles. The first-order valence-corrected chi connectivity index (χ1v) is 7.98. The van der Waals surface area contributed by atoms with Gasteiger partial charge in [-0.3, -0.25) is 20.1 Å². The fourth-order valence-electron chi connectivity index (χ4n) is 2.28. The number of rotatable bonds is 3. The standard InChI is InChI=1S/C13H18N4O.C4H4O4/c1-15-13(14)17-12(18)10-7-9-5-3-2-4-6-11(9)16-8-10;5-3(6)1-2-4(7)8/h7-8H,2-6H2,1H3,(H3,14,15,17,18);1-2H,(H,5,6)(H,7,8). The smallest absolute Gasteiger partial charge is 0.328 e. The number of guanidine groups is 1. The van der Waals surface area contributed by atoms with Crippen molar-refractivity contribution in [1.82, 2.24) is 10.3 Å². The van der Waals surface area contributed by atoms with E-state index in [-0.39, 0.29) is 11.9 Å². The van der Waals surface area contributed by atoms with Crippen LogP contribution in [0.4, 0.5) is 0 Å². The van der Waals surface area contributed by atoms with E-state index in [1.807, 2.05) is 6.07 Å². The Hall–Kier alpha value is -3.23. The highest BCUT2D eigenvalue weighted by Crippen LogP contribution is 2.19. The number of aliphatic carboxylic acids is 2. The van der Waals surface area contributed by atoms with Gasteiger partial charge >= 0.3 is 11.9 Å². The molecule has 1 heterocycles. The van der Waals surface area contributed by atoms with E-state index in [1.165, 1.54) is 25.5 Å². The minimum Gasteiger partial charge on any atom is -0.478 e. The number of carbonyl (C=O) groups excluding carboxylic acids is 1. The molecule has 0 saturated heterocycles. The van der Waals surface area contributed by atoms with E-state index in [4.69, 9.17) is 15.9 Å². The molecule has 2 rings (SSSR count). The Morgan fingerprint density at radius 1 is 1.15 bits per heavy atom. The maximum absolute atomic E-state index is 11.9. The molecule has 0 saturated carbocycles. The first-order valence-electron chi connectivity index (χ1n) is 7.98. The van der Waals surface area contributed by atoms with Crippen molar-refractivity contribution < 1.29 is 24.6 Å². The van der Waals surface area contributed by atoms with Crippen LogP contribution < -0.4 is 11.1 Å². The number of pyridine rings is 1. The summed E-state index contributed by atoms with van der Waals surface area (Å²) in [5.74, 6) is -2.65. The molecule has 0 fully saturated rings. The fourth-order valence-corrected chi connectivity index (χ4v) is 2.28. The minimum atomic E-state index is -1.26. The van der Waals surface area contributed by atoms with Gasteiger partial charge in [0.05, 0.1) is 5.56 Å². The van der Waals surface area contributed by atoms with Gasteiger partial charge in [0, 0.05) is 31.1 Å². The van der Waals surface area contributed by atoms with Crippen molar-refractivity contribution >= 4 is 23.8 Å². The summed E-state index contributed by atoms with van der Waals surface area (Å²) in [6.45, 7) is 0. The number of carboxylic acid groups (broad SMARTS) is 2. The van der Waals surface area contributed by atoms with E-state index < -0.39 is 11.9 Å². The number of carbonyl (C=O) groups is 3. The molecule has 1 aromatic heterocycles. The van der Waals surface area contributed by atoms with Gasteiger partial charge in [0.25, 0.3) is 5.91 Å². The topological polar surface area (TPSA) is 155 Å². The third-order valence-corrected chi connectivity index (χ3v) is 3.53. The van der Waals surface area contributed by atoms with E-state index in [1.54, 1.807) is 6.20 Å². The Morgan fingerprint density at radius 3 is 2.35 bits per heavy atom. The molecule has 0 spiro atoms. The number of carboxylic acids is 2. The van der Waals surface area contributed by atoms with Crippen molar-refractivity contribution in [3.63, 3.8) is 0 Å². The summed E-state index contributed by atoms with van der Waals surface area (Å²) in [5.41, 5.74) is 8.33. The lowest BCUT2D eigenvalue weighted by atomic mass is 10.1. The zero-order chi connectivity index (χ0) is 19.5. The fraction of sp³-hybridized carbons (Fsp3) is 0.353. The summed E-state index contributed by atoms with van der Waals surface area (Å²) in [7, 11) is 1.53. The summed E-state index contributed by atoms with van der Waals surface area (Å²) in [6.07, 6.45) is 8.32. The molecule has 140 valence electrons. The van der Waals surface area contributed by atoms with Crippen LogP contribution in [0.15, 0.2) is 29.4 Å². The second-order valence-electron chi connectivity index (χ2n) is 5.46. The molecule has 1 amide bonds. The SMILES string of the molecule is CN=C(N)NC(=O)c1cnc2c(c1)CCCCC2.O=C(O)C=CC(=O)O. The number of aromatic nitrogens is 1. The molecular formula is C17H22N4O5. The Morgan fingerprint density at radius 2 is 1.77 bits per heavy atom. The van der Waals surface area contributed by atoms with Gasteiger partial charge in [-0.1, -0.05) is 6.42 Å². The number of nitrogens with two attached hydrogens (primary N) is 1. The van der Waals surface area contributed by atoms with E-state index in [9.17, 15) is 14.4 Å². The highest BCUT2D eigenvalue weighted by Gasteiger charge is 2.13. The number of fused-ring (bicyclic) bond motifs is 1. The van der Waals surface area contributed by atoms with Crippen molar-refractivity contribution in [3.8, 4) is 0 Å². The predicted molar refractivity (Wildman–Crippen MR) is 94.9 cm³/mol. The monoisotopic (exact) mass is 362 g/mol. The van der Waals surface area contributed by atoms with Crippen LogP contribution in [0.2, 0.25) is 0 Å². The summed E-state index contributed by atoms with van der Waals surface area (Å²) in [6, 6.07) is 1.92. The maximum atomic E-state index is 11.9.